The van der Waals surface area contributed by atoms with Gasteiger partial charge in [-0.1, -0.05) is 41.4 Å². The lowest BCUT2D eigenvalue weighted by atomic mass is 9.97. The zero-order chi connectivity index (χ0) is 23.5. The first-order chi connectivity index (χ1) is 15.9. The van der Waals surface area contributed by atoms with Gasteiger partial charge in [-0.15, -0.1) is 0 Å². The summed E-state index contributed by atoms with van der Waals surface area (Å²) in [5.41, 5.74) is 4.10. The zero-order valence-electron chi connectivity index (χ0n) is 18.4. The number of aryl methyl sites for hydroxylation is 1. The molecule has 2 aromatic carbocycles. The highest BCUT2D eigenvalue weighted by atomic mass is 35.5. The molecule has 0 bridgehead atoms. The molecule has 1 aliphatic heterocycles. The summed E-state index contributed by atoms with van der Waals surface area (Å²) in [5.74, 6) is -0.692. The predicted molar refractivity (Wildman–Crippen MR) is 127 cm³/mol. The molecule has 3 aromatic rings. The third kappa shape index (κ3) is 4.98. The van der Waals surface area contributed by atoms with Crippen LogP contribution >= 0.6 is 11.6 Å². The SMILES string of the molecule is CCOc1ccc2cc([C@@H]3CC(c4cccc(C)c4)=NN3C(=O)CCC(=O)O)c(Cl)nc2c1. The number of carbonyl (C=O) groups excluding carboxylic acids is 1. The molecule has 1 atom stereocenters. The van der Waals surface area contributed by atoms with Crippen LogP contribution in [0.5, 0.6) is 5.75 Å². The second kappa shape index (κ2) is 9.58. The fourth-order valence-corrected chi connectivity index (χ4v) is 4.21. The third-order valence-corrected chi connectivity index (χ3v) is 5.81. The first kappa shape index (κ1) is 22.7. The highest BCUT2D eigenvalue weighted by Gasteiger charge is 2.35. The first-order valence-corrected chi connectivity index (χ1v) is 11.1. The van der Waals surface area contributed by atoms with Gasteiger partial charge < -0.3 is 9.84 Å². The van der Waals surface area contributed by atoms with E-state index in [1.165, 1.54) is 5.01 Å². The summed E-state index contributed by atoms with van der Waals surface area (Å²) in [4.78, 5) is 28.5. The van der Waals surface area contributed by atoms with E-state index in [2.05, 4.69) is 10.1 Å². The van der Waals surface area contributed by atoms with Gasteiger partial charge in [0.25, 0.3) is 0 Å². The van der Waals surface area contributed by atoms with Gasteiger partial charge in [-0.2, -0.15) is 5.10 Å². The van der Waals surface area contributed by atoms with Crippen LogP contribution in [0.1, 0.15) is 48.9 Å². The number of benzene rings is 2. The molecule has 0 spiro atoms. The number of carboxylic acid groups (broad SMARTS) is 1. The number of hydrazone groups is 1. The lowest BCUT2D eigenvalue weighted by Crippen LogP contribution is -2.27. The molecule has 1 amide bonds. The van der Waals surface area contributed by atoms with Gasteiger partial charge in [-0.05, 0) is 37.6 Å². The highest BCUT2D eigenvalue weighted by Crippen LogP contribution is 2.38. The molecule has 0 saturated carbocycles. The maximum atomic E-state index is 12.9. The molecule has 1 aromatic heterocycles. The number of hydrogen-bond acceptors (Lipinski definition) is 5. The topological polar surface area (TPSA) is 92.1 Å². The zero-order valence-corrected chi connectivity index (χ0v) is 19.2. The number of halogens is 1. The van der Waals surface area contributed by atoms with E-state index in [4.69, 9.17) is 21.4 Å². The largest absolute Gasteiger partial charge is 0.494 e. The molecule has 0 saturated heterocycles. The summed E-state index contributed by atoms with van der Waals surface area (Å²) in [6.07, 6.45) is 0.0419. The maximum Gasteiger partial charge on any atom is 0.303 e. The second-order valence-electron chi connectivity index (χ2n) is 7.92. The number of aromatic nitrogens is 1. The summed E-state index contributed by atoms with van der Waals surface area (Å²) in [6.45, 7) is 4.45. The smallest absolute Gasteiger partial charge is 0.303 e. The molecule has 0 unspecified atom stereocenters. The number of pyridine rings is 1. The molecule has 7 nitrogen and oxygen atoms in total. The van der Waals surface area contributed by atoms with Crippen LogP contribution in [0, 0.1) is 6.92 Å². The van der Waals surface area contributed by atoms with Crippen LogP contribution in [-0.4, -0.2) is 39.3 Å². The van der Waals surface area contributed by atoms with Crippen LogP contribution < -0.4 is 4.74 Å². The highest BCUT2D eigenvalue weighted by molar-refractivity contribution is 6.30. The molecule has 170 valence electrons. The van der Waals surface area contributed by atoms with Gasteiger partial charge in [0.2, 0.25) is 5.91 Å². The van der Waals surface area contributed by atoms with Gasteiger partial charge in [-0.3, -0.25) is 9.59 Å². The predicted octanol–water partition coefficient (Wildman–Crippen LogP) is 5.14. The van der Waals surface area contributed by atoms with Crippen LogP contribution in [0.2, 0.25) is 5.15 Å². The summed E-state index contributed by atoms with van der Waals surface area (Å²) in [6, 6.07) is 14.9. The molecule has 0 fully saturated rings. The number of nitrogens with zero attached hydrogens (tertiary/aromatic N) is 3. The van der Waals surface area contributed by atoms with Crippen molar-refractivity contribution in [2.45, 2.75) is 39.2 Å². The van der Waals surface area contributed by atoms with Gasteiger partial charge in [0.1, 0.15) is 10.9 Å². The van der Waals surface area contributed by atoms with Crippen molar-refractivity contribution in [1.82, 2.24) is 9.99 Å². The second-order valence-corrected chi connectivity index (χ2v) is 8.28. The summed E-state index contributed by atoms with van der Waals surface area (Å²) in [7, 11) is 0. The minimum absolute atomic E-state index is 0.146. The molecule has 1 N–H and O–H groups in total. The van der Waals surface area contributed by atoms with E-state index in [0.29, 0.717) is 29.9 Å². The van der Waals surface area contributed by atoms with E-state index in [1.807, 2.05) is 62.4 Å². The molecule has 2 heterocycles. The Balaban J connectivity index is 1.72. The van der Waals surface area contributed by atoms with Crippen LogP contribution in [0.4, 0.5) is 0 Å². The van der Waals surface area contributed by atoms with E-state index >= 15 is 0 Å². The Kier molecular flexibility index (Phi) is 6.60. The van der Waals surface area contributed by atoms with Crippen molar-refractivity contribution in [1.29, 1.82) is 0 Å². The van der Waals surface area contributed by atoms with E-state index in [9.17, 15) is 9.59 Å². The normalized spacial score (nSPS) is 15.5. The monoisotopic (exact) mass is 465 g/mol. The number of amides is 1. The van der Waals surface area contributed by atoms with Crippen LogP contribution in [0.25, 0.3) is 10.9 Å². The van der Waals surface area contributed by atoms with Gasteiger partial charge in [0.05, 0.1) is 30.3 Å². The summed E-state index contributed by atoms with van der Waals surface area (Å²) in [5, 5.41) is 16.1. The van der Waals surface area contributed by atoms with Crippen molar-refractivity contribution in [3.63, 3.8) is 0 Å². The van der Waals surface area contributed by atoms with E-state index in [-0.39, 0.29) is 23.9 Å². The van der Waals surface area contributed by atoms with Crippen molar-refractivity contribution < 1.29 is 19.4 Å². The van der Waals surface area contributed by atoms with Gasteiger partial charge in [0, 0.05) is 29.9 Å². The molecular formula is C25H24ClN3O4. The summed E-state index contributed by atoms with van der Waals surface area (Å²) >= 11 is 6.59. The molecule has 1 aliphatic rings. The Morgan fingerprint density at radius 3 is 2.73 bits per heavy atom. The number of carboxylic acids is 1. The van der Waals surface area contributed by atoms with Crippen LogP contribution in [0.15, 0.2) is 53.6 Å². The molecule has 0 aliphatic carbocycles. The maximum absolute atomic E-state index is 12.9. The van der Waals surface area contributed by atoms with E-state index < -0.39 is 12.0 Å². The molecule has 4 rings (SSSR count). The van der Waals surface area contributed by atoms with E-state index in [0.717, 1.165) is 22.2 Å². The molecule has 8 heteroatoms. The van der Waals surface area contributed by atoms with Crippen molar-refractivity contribution in [3.05, 3.63) is 70.4 Å². The number of ether oxygens (including phenoxy) is 1. The Hall–Kier alpha value is -3.45. The number of rotatable bonds is 7. The molecular weight excluding hydrogens is 442 g/mol. The third-order valence-electron chi connectivity index (χ3n) is 5.51. The van der Waals surface area contributed by atoms with Crippen molar-refractivity contribution in [3.8, 4) is 5.75 Å². The Bertz CT molecular complexity index is 1260. The average molecular weight is 466 g/mol. The Morgan fingerprint density at radius 2 is 2.00 bits per heavy atom. The molecule has 0 radical (unpaired) electrons. The quantitative estimate of drug-likeness (QED) is 0.488. The van der Waals surface area contributed by atoms with Crippen LogP contribution in [-0.2, 0) is 9.59 Å². The Labute approximate surface area is 196 Å². The first-order valence-electron chi connectivity index (χ1n) is 10.8. The van der Waals surface area contributed by atoms with Gasteiger partial charge in [0.15, 0.2) is 0 Å². The van der Waals surface area contributed by atoms with Gasteiger partial charge in [-0.25, -0.2) is 9.99 Å². The lowest BCUT2D eigenvalue weighted by molar-refractivity contribution is -0.141. The average Bonchev–Trinajstić information content (AvgIpc) is 3.22. The summed E-state index contributed by atoms with van der Waals surface area (Å²) < 4.78 is 5.55. The number of hydrogen-bond donors (Lipinski definition) is 1. The van der Waals surface area contributed by atoms with E-state index in [1.54, 1.807) is 0 Å². The van der Waals surface area contributed by atoms with Crippen molar-refractivity contribution >= 4 is 40.1 Å². The fraction of sp³-hybridized carbons (Fsp3) is 0.280. The van der Waals surface area contributed by atoms with Crippen molar-refractivity contribution in [2.24, 2.45) is 5.10 Å². The standard InChI is InChI=1S/C25H24ClN3O4/c1-3-33-18-8-7-17-12-19(25(26)27-20(17)13-18)22-14-21(16-6-4-5-15(2)11-16)28-29(22)23(30)9-10-24(31)32/h4-8,11-13,22H,3,9-10,14H2,1-2H3,(H,31,32)/t22-/m0/s1. The number of carbonyl (C=O) groups is 2. The molecule has 33 heavy (non-hydrogen) atoms. The lowest BCUT2D eigenvalue weighted by Gasteiger charge is -2.23. The fourth-order valence-electron chi connectivity index (χ4n) is 3.94. The Morgan fingerprint density at radius 1 is 1.18 bits per heavy atom. The number of aliphatic carboxylic acids is 1. The van der Waals surface area contributed by atoms with Crippen molar-refractivity contribution in [2.75, 3.05) is 6.61 Å². The minimum atomic E-state index is -1.03. The van der Waals surface area contributed by atoms with Gasteiger partial charge >= 0.3 is 5.97 Å². The number of fused-ring (bicyclic) bond motifs is 1. The van der Waals surface area contributed by atoms with Crippen LogP contribution in [0.3, 0.4) is 0 Å². The minimum Gasteiger partial charge on any atom is -0.494 e.